The third kappa shape index (κ3) is 4.00. The van der Waals surface area contributed by atoms with Gasteiger partial charge in [-0.05, 0) is 58.6 Å². The van der Waals surface area contributed by atoms with E-state index in [1.54, 1.807) is 47.8 Å². The van der Waals surface area contributed by atoms with E-state index in [0.717, 1.165) is 17.8 Å². The van der Waals surface area contributed by atoms with Gasteiger partial charge in [-0.15, -0.1) is 0 Å². The van der Waals surface area contributed by atoms with Crippen LogP contribution in [0.2, 0.25) is 5.02 Å². The molecule has 1 aliphatic rings. The van der Waals surface area contributed by atoms with Crippen molar-refractivity contribution in [2.45, 2.75) is 26.3 Å². The van der Waals surface area contributed by atoms with Crippen LogP contribution in [0.1, 0.15) is 35.0 Å². The number of aliphatic hydroxyl groups is 1. The number of carbonyl (C=O) groups excluding carboxylic acids is 2. The Hall–Kier alpha value is -2.64. The van der Waals surface area contributed by atoms with E-state index in [-0.39, 0.29) is 11.3 Å². The van der Waals surface area contributed by atoms with Crippen LogP contribution in [0.25, 0.3) is 5.76 Å². The average molecular weight is 431 g/mol. The van der Waals surface area contributed by atoms with Gasteiger partial charge in [0.05, 0.1) is 22.9 Å². The van der Waals surface area contributed by atoms with Crippen molar-refractivity contribution >= 4 is 29.1 Å². The van der Waals surface area contributed by atoms with Gasteiger partial charge in [-0.3, -0.25) is 14.3 Å². The van der Waals surface area contributed by atoms with E-state index in [1.165, 1.54) is 0 Å². The summed E-state index contributed by atoms with van der Waals surface area (Å²) in [6.45, 7) is 4.76. The molecule has 30 heavy (non-hydrogen) atoms. The molecule has 0 spiro atoms. The smallest absolute Gasteiger partial charge is 0.295 e. The molecule has 7 nitrogen and oxygen atoms in total. The third-order valence-corrected chi connectivity index (χ3v) is 5.73. The number of benzene rings is 1. The molecule has 1 aromatic carbocycles. The van der Waals surface area contributed by atoms with Crippen molar-refractivity contribution < 1.29 is 14.7 Å². The minimum Gasteiger partial charge on any atom is -0.507 e. The molecule has 2 aromatic rings. The fourth-order valence-electron chi connectivity index (χ4n) is 3.91. The molecule has 2 heterocycles. The Kier molecular flexibility index (Phi) is 6.33. The molecule has 0 aliphatic carbocycles. The highest BCUT2D eigenvalue weighted by atomic mass is 35.5. The van der Waals surface area contributed by atoms with Gasteiger partial charge >= 0.3 is 0 Å². The number of aliphatic hydroxyl groups excluding tert-OH is 1. The van der Waals surface area contributed by atoms with Crippen LogP contribution in [-0.4, -0.2) is 63.6 Å². The Labute approximate surface area is 181 Å². The van der Waals surface area contributed by atoms with E-state index < -0.39 is 17.7 Å². The van der Waals surface area contributed by atoms with Gasteiger partial charge in [0, 0.05) is 24.3 Å². The summed E-state index contributed by atoms with van der Waals surface area (Å²) in [6.07, 6.45) is 0.703. The monoisotopic (exact) mass is 430 g/mol. The van der Waals surface area contributed by atoms with E-state index in [0.29, 0.717) is 29.2 Å². The maximum atomic E-state index is 13.0. The van der Waals surface area contributed by atoms with E-state index in [9.17, 15) is 14.7 Å². The van der Waals surface area contributed by atoms with E-state index in [2.05, 4.69) is 5.10 Å². The quantitative estimate of drug-likeness (QED) is 0.433. The van der Waals surface area contributed by atoms with Crippen molar-refractivity contribution in [3.05, 3.63) is 57.4 Å². The molecule has 160 valence electrons. The van der Waals surface area contributed by atoms with Crippen LogP contribution in [0.3, 0.4) is 0 Å². The van der Waals surface area contributed by atoms with Gasteiger partial charge < -0.3 is 14.9 Å². The first-order chi connectivity index (χ1) is 14.1. The lowest BCUT2D eigenvalue weighted by Crippen LogP contribution is -2.32. The van der Waals surface area contributed by atoms with Gasteiger partial charge in [0.2, 0.25) is 0 Å². The molecular formula is C22H27ClN4O3. The molecule has 1 fully saturated rings. The molecule has 0 unspecified atom stereocenters. The number of ketones is 1. The highest BCUT2D eigenvalue weighted by Crippen LogP contribution is 2.40. The molecular weight excluding hydrogens is 404 g/mol. The number of nitrogens with zero attached hydrogens (tertiary/aromatic N) is 4. The number of hydrogen-bond donors (Lipinski definition) is 1. The Balaban J connectivity index is 2.14. The lowest BCUT2D eigenvalue weighted by Gasteiger charge is -2.26. The van der Waals surface area contributed by atoms with Gasteiger partial charge in [0.25, 0.3) is 11.7 Å². The molecule has 1 N–H and O–H groups in total. The first-order valence-corrected chi connectivity index (χ1v) is 10.2. The summed E-state index contributed by atoms with van der Waals surface area (Å²) in [4.78, 5) is 29.5. The molecule has 1 aromatic heterocycles. The SMILES string of the molecule is Cc1nn(C)c(C)c1/C(O)=C1\C(=O)C(=O)N(CCCN(C)C)[C@H]1c1ccc(Cl)cc1. The predicted molar refractivity (Wildman–Crippen MR) is 116 cm³/mol. The molecule has 1 saturated heterocycles. The summed E-state index contributed by atoms with van der Waals surface area (Å²) in [6, 6.07) is 6.33. The van der Waals surface area contributed by atoms with Gasteiger partial charge in [-0.2, -0.15) is 5.10 Å². The van der Waals surface area contributed by atoms with Crippen molar-refractivity contribution in [2.75, 3.05) is 27.2 Å². The number of likely N-dealkylation sites (tertiary alicyclic amines) is 1. The predicted octanol–water partition coefficient (Wildman–Crippen LogP) is 3.06. The maximum Gasteiger partial charge on any atom is 0.295 e. The standard InChI is InChI=1S/C22H27ClN4O3/c1-13-17(14(2)26(5)24-13)20(28)18-19(15-7-9-16(23)10-8-15)27(22(30)21(18)29)12-6-11-25(3)4/h7-10,19,28H,6,11-12H2,1-5H3/b20-18+/t19-/m0/s1. The zero-order chi connectivity index (χ0) is 22.2. The van der Waals surface area contributed by atoms with Crippen molar-refractivity contribution in [1.29, 1.82) is 0 Å². The summed E-state index contributed by atoms with van der Waals surface area (Å²) in [7, 11) is 5.69. The van der Waals surface area contributed by atoms with E-state index in [1.807, 2.05) is 25.9 Å². The second-order valence-corrected chi connectivity index (χ2v) is 8.31. The van der Waals surface area contributed by atoms with Gasteiger partial charge in [-0.1, -0.05) is 23.7 Å². The molecule has 0 bridgehead atoms. The van der Waals surface area contributed by atoms with Gasteiger partial charge in [0.1, 0.15) is 5.76 Å². The van der Waals surface area contributed by atoms with Crippen LogP contribution in [0.15, 0.2) is 29.8 Å². The Morgan fingerprint density at radius 3 is 2.37 bits per heavy atom. The molecule has 1 atom stereocenters. The Morgan fingerprint density at radius 1 is 1.20 bits per heavy atom. The number of Topliss-reactive ketones (excluding diaryl/α,β-unsaturated/α-hetero) is 1. The van der Waals surface area contributed by atoms with Gasteiger partial charge in [-0.25, -0.2) is 0 Å². The number of rotatable bonds is 6. The first kappa shape index (κ1) is 22.1. The lowest BCUT2D eigenvalue weighted by atomic mass is 9.94. The summed E-state index contributed by atoms with van der Waals surface area (Å²) in [5.74, 6) is -1.47. The van der Waals surface area contributed by atoms with Crippen LogP contribution in [0.5, 0.6) is 0 Å². The largest absolute Gasteiger partial charge is 0.507 e. The number of amides is 1. The number of aromatic nitrogens is 2. The number of carbonyl (C=O) groups is 2. The van der Waals surface area contributed by atoms with Crippen molar-refractivity contribution in [2.24, 2.45) is 7.05 Å². The van der Waals surface area contributed by atoms with Crippen molar-refractivity contribution in [3.63, 3.8) is 0 Å². The van der Waals surface area contributed by atoms with E-state index in [4.69, 9.17) is 11.6 Å². The summed E-state index contributed by atoms with van der Waals surface area (Å²) < 4.78 is 1.65. The minimum atomic E-state index is -0.681. The van der Waals surface area contributed by atoms with Gasteiger partial charge in [0.15, 0.2) is 0 Å². The van der Waals surface area contributed by atoms with E-state index >= 15 is 0 Å². The lowest BCUT2D eigenvalue weighted by molar-refractivity contribution is -0.139. The zero-order valence-corrected chi connectivity index (χ0v) is 18.7. The highest BCUT2D eigenvalue weighted by molar-refractivity contribution is 6.46. The van der Waals surface area contributed by atoms with Crippen LogP contribution in [0, 0.1) is 13.8 Å². The van der Waals surface area contributed by atoms with Crippen LogP contribution in [-0.2, 0) is 16.6 Å². The minimum absolute atomic E-state index is 0.0892. The first-order valence-electron chi connectivity index (χ1n) is 9.82. The second kappa shape index (κ2) is 8.62. The molecule has 8 heteroatoms. The van der Waals surface area contributed by atoms with Crippen LogP contribution < -0.4 is 0 Å². The fraction of sp³-hybridized carbons (Fsp3) is 0.409. The molecule has 0 saturated carbocycles. The summed E-state index contributed by atoms with van der Waals surface area (Å²) in [5, 5.41) is 16.1. The fourth-order valence-corrected chi connectivity index (χ4v) is 4.04. The summed E-state index contributed by atoms with van der Waals surface area (Å²) >= 11 is 6.04. The molecule has 1 amide bonds. The number of halogens is 1. The van der Waals surface area contributed by atoms with Crippen LogP contribution >= 0.6 is 11.6 Å². The number of aryl methyl sites for hydroxylation is 2. The Morgan fingerprint density at radius 2 is 1.83 bits per heavy atom. The van der Waals surface area contributed by atoms with Crippen LogP contribution in [0.4, 0.5) is 0 Å². The highest BCUT2D eigenvalue weighted by Gasteiger charge is 2.46. The summed E-state index contributed by atoms with van der Waals surface area (Å²) in [5.41, 5.74) is 2.62. The normalized spacial score (nSPS) is 18.6. The topological polar surface area (TPSA) is 78.7 Å². The van der Waals surface area contributed by atoms with Crippen molar-refractivity contribution in [3.8, 4) is 0 Å². The Bertz CT molecular complexity index is 1010. The van der Waals surface area contributed by atoms with Crippen molar-refractivity contribution in [1.82, 2.24) is 19.6 Å². The molecule has 3 rings (SSSR count). The second-order valence-electron chi connectivity index (χ2n) is 7.87. The third-order valence-electron chi connectivity index (χ3n) is 5.48. The maximum absolute atomic E-state index is 13.0. The molecule has 1 aliphatic heterocycles. The number of hydrogen-bond acceptors (Lipinski definition) is 5. The average Bonchev–Trinajstić information content (AvgIpc) is 3.08. The molecule has 0 radical (unpaired) electrons. The zero-order valence-electron chi connectivity index (χ0n) is 17.9.